The number of amides is 1. The second-order valence-corrected chi connectivity index (χ2v) is 6.82. The van der Waals surface area contributed by atoms with Crippen LogP contribution in [0.3, 0.4) is 0 Å². The largest absolute Gasteiger partial charge is 0.346 e. The van der Waals surface area contributed by atoms with Crippen LogP contribution in [0.25, 0.3) is 6.08 Å². The van der Waals surface area contributed by atoms with E-state index >= 15 is 0 Å². The Morgan fingerprint density at radius 2 is 2.00 bits per heavy atom. The van der Waals surface area contributed by atoms with Crippen LogP contribution in [0.2, 0.25) is 0 Å². The number of nitrogens with one attached hydrogen (secondary N) is 1. The molecule has 1 atom stereocenters. The first-order chi connectivity index (χ1) is 14.0. The molecule has 0 aromatic heterocycles. The van der Waals surface area contributed by atoms with Gasteiger partial charge in [-0.15, -0.1) is 6.58 Å². The van der Waals surface area contributed by atoms with Gasteiger partial charge in [-0.05, 0) is 44.0 Å². The van der Waals surface area contributed by atoms with Crippen LogP contribution in [-0.2, 0) is 11.3 Å². The number of aryl methyl sites for hydroxylation is 1. The minimum atomic E-state index is -0.570. The molecule has 1 unspecified atom stereocenters. The monoisotopic (exact) mass is 391 g/mol. The van der Waals surface area contributed by atoms with E-state index < -0.39 is 5.91 Å². The van der Waals surface area contributed by atoms with Crippen LogP contribution < -0.4 is 5.48 Å². The lowest BCUT2D eigenvalue weighted by molar-refractivity contribution is -0.124. The van der Waals surface area contributed by atoms with Crippen LogP contribution in [0.1, 0.15) is 36.1 Å². The smallest absolute Gasteiger partial charge is 0.267 e. The van der Waals surface area contributed by atoms with Crippen LogP contribution in [0.15, 0.2) is 72.3 Å². The number of hydrogen-bond donors (Lipinski definition) is 2. The summed E-state index contributed by atoms with van der Waals surface area (Å²) in [6.45, 7) is 11.5. The second-order valence-electron chi connectivity index (χ2n) is 6.82. The second kappa shape index (κ2) is 11.0. The molecule has 0 bridgehead atoms. The fourth-order valence-corrected chi connectivity index (χ4v) is 2.92. The fraction of sp³-hybridized carbons (Fsp3) is 0.250. The highest BCUT2D eigenvalue weighted by molar-refractivity contribution is 6.00. The van der Waals surface area contributed by atoms with Crippen molar-refractivity contribution < 1.29 is 10.0 Å². The van der Waals surface area contributed by atoms with Gasteiger partial charge in [0, 0.05) is 30.8 Å². The van der Waals surface area contributed by atoms with E-state index in [-0.39, 0.29) is 6.04 Å². The number of hydroxylamine groups is 1. The molecule has 0 saturated carbocycles. The van der Waals surface area contributed by atoms with Crippen molar-refractivity contribution in [3.05, 3.63) is 89.5 Å². The van der Waals surface area contributed by atoms with Gasteiger partial charge in [-0.2, -0.15) is 0 Å². The summed E-state index contributed by atoms with van der Waals surface area (Å²) < 4.78 is 0. The Balaban J connectivity index is 2.41. The average Bonchev–Trinajstić information content (AvgIpc) is 2.75. The van der Waals surface area contributed by atoms with E-state index in [2.05, 4.69) is 49.6 Å². The molecule has 0 fully saturated rings. The third kappa shape index (κ3) is 6.43. The maximum Gasteiger partial charge on any atom is 0.267 e. The van der Waals surface area contributed by atoms with E-state index in [0.717, 1.165) is 17.0 Å². The van der Waals surface area contributed by atoms with Gasteiger partial charge in [-0.3, -0.25) is 15.0 Å². The summed E-state index contributed by atoms with van der Waals surface area (Å²) in [5.74, 6) is 0.307. The Morgan fingerprint density at radius 3 is 2.62 bits per heavy atom. The molecule has 2 aromatic carbocycles. The molecule has 2 rings (SSSR count). The molecule has 2 aromatic rings. The van der Waals surface area contributed by atoms with E-state index in [4.69, 9.17) is 10.2 Å². The first-order valence-electron chi connectivity index (χ1n) is 9.70. The number of carbonyl (C=O) groups is 1. The molecule has 2 N–H and O–H groups in total. The molecule has 5 nitrogen and oxygen atoms in total. The number of rotatable bonds is 8. The van der Waals surface area contributed by atoms with E-state index in [1.807, 2.05) is 37.3 Å². The Labute approximate surface area is 173 Å². The molecule has 0 aliphatic carbocycles. The Morgan fingerprint density at radius 1 is 1.28 bits per heavy atom. The highest BCUT2D eigenvalue weighted by Gasteiger charge is 2.18. The Kier molecular flexibility index (Phi) is 8.37. The topological polar surface area (TPSA) is 64.9 Å². The minimum Gasteiger partial charge on any atom is -0.346 e. The number of amidine groups is 1. The summed E-state index contributed by atoms with van der Waals surface area (Å²) in [7, 11) is 0. The molecular weight excluding hydrogens is 362 g/mol. The third-order valence-electron chi connectivity index (χ3n) is 4.57. The van der Waals surface area contributed by atoms with Gasteiger partial charge in [0.15, 0.2) is 0 Å². The Bertz CT molecular complexity index is 885. The zero-order chi connectivity index (χ0) is 21.2. The number of hydrogen-bond acceptors (Lipinski definition) is 3. The quantitative estimate of drug-likeness (QED) is 0.176. The van der Waals surface area contributed by atoms with Gasteiger partial charge in [0.05, 0.1) is 0 Å². The van der Waals surface area contributed by atoms with Crippen LogP contribution in [-0.4, -0.2) is 34.4 Å². The minimum absolute atomic E-state index is 0.0842. The first kappa shape index (κ1) is 22.1. The lowest BCUT2D eigenvalue weighted by atomic mass is 10.1. The summed E-state index contributed by atoms with van der Waals surface area (Å²) in [5.41, 5.74) is 5.82. The summed E-state index contributed by atoms with van der Waals surface area (Å²) >= 11 is 0. The standard InChI is InChI=1S/C24H29N3O2/c1-5-19(4)27(17-21-12-10-18(3)11-13-21)24(25-6-2)22-9-7-8-20(16-22)14-15-23(28)26-29/h5,7-16,19,29H,1,6,17H2,2-4H3,(H,26,28)/b15-14+,25-24?. The third-order valence-corrected chi connectivity index (χ3v) is 4.57. The normalized spacial score (nSPS) is 12.6. The summed E-state index contributed by atoms with van der Waals surface area (Å²) in [5, 5.41) is 8.66. The number of benzene rings is 2. The average molecular weight is 392 g/mol. The van der Waals surface area contributed by atoms with E-state index in [0.29, 0.717) is 13.1 Å². The molecule has 0 radical (unpaired) electrons. The summed E-state index contributed by atoms with van der Waals surface area (Å²) in [4.78, 5) is 18.3. The molecular formula is C24H29N3O2. The molecule has 152 valence electrons. The molecule has 1 amide bonds. The van der Waals surface area contributed by atoms with Crippen molar-refractivity contribution >= 4 is 17.8 Å². The number of nitrogens with zero attached hydrogens (tertiary/aromatic N) is 2. The van der Waals surface area contributed by atoms with Crippen molar-refractivity contribution in [2.24, 2.45) is 4.99 Å². The zero-order valence-electron chi connectivity index (χ0n) is 17.3. The molecule has 5 heteroatoms. The van der Waals surface area contributed by atoms with Gasteiger partial charge in [0.25, 0.3) is 5.91 Å². The van der Waals surface area contributed by atoms with E-state index in [9.17, 15) is 4.79 Å². The van der Waals surface area contributed by atoms with Gasteiger partial charge in [0.2, 0.25) is 0 Å². The molecule has 0 aliphatic heterocycles. The van der Waals surface area contributed by atoms with Gasteiger partial charge in [-0.25, -0.2) is 5.48 Å². The highest BCUT2D eigenvalue weighted by Crippen LogP contribution is 2.17. The van der Waals surface area contributed by atoms with Crippen molar-refractivity contribution in [1.82, 2.24) is 10.4 Å². The Hall–Kier alpha value is -3.18. The van der Waals surface area contributed by atoms with Crippen molar-refractivity contribution in [1.29, 1.82) is 0 Å². The summed E-state index contributed by atoms with van der Waals surface area (Å²) in [6.07, 6.45) is 4.85. The molecule has 29 heavy (non-hydrogen) atoms. The van der Waals surface area contributed by atoms with Crippen molar-refractivity contribution in [3.8, 4) is 0 Å². The fourth-order valence-electron chi connectivity index (χ4n) is 2.92. The number of aliphatic imine (C=N–C) groups is 1. The summed E-state index contributed by atoms with van der Waals surface area (Å²) in [6, 6.07) is 16.4. The zero-order valence-corrected chi connectivity index (χ0v) is 17.3. The lowest BCUT2D eigenvalue weighted by Crippen LogP contribution is -2.37. The number of carbonyl (C=O) groups excluding carboxylic acids is 1. The van der Waals surface area contributed by atoms with Crippen LogP contribution in [0.5, 0.6) is 0 Å². The predicted molar refractivity (Wildman–Crippen MR) is 119 cm³/mol. The first-order valence-corrected chi connectivity index (χ1v) is 9.70. The maximum atomic E-state index is 11.3. The van der Waals surface area contributed by atoms with Crippen molar-refractivity contribution in [2.75, 3.05) is 6.54 Å². The van der Waals surface area contributed by atoms with Gasteiger partial charge >= 0.3 is 0 Å². The SMILES string of the molecule is C=CC(C)N(Cc1ccc(C)cc1)C(=NCC)c1cccc(/C=C/C(=O)NO)c1. The van der Waals surface area contributed by atoms with Crippen LogP contribution >= 0.6 is 0 Å². The maximum absolute atomic E-state index is 11.3. The van der Waals surface area contributed by atoms with Crippen molar-refractivity contribution in [3.63, 3.8) is 0 Å². The molecule has 0 saturated heterocycles. The molecule has 0 heterocycles. The van der Waals surface area contributed by atoms with Gasteiger partial charge in [-0.1, -0.05) is 54.1 Å². The van der Waals surface area contributed by atoms with Crippen LogP contribution in [0.4, 0.5) is 0 Å². The molecule has 0 spiro atoms. The lowest BCUT2D eigenvalue weighted by Gasteiger charge is -2.31. The van der Waals surface area contributed by atoms with E-state index in [1.54, 1.807) is 11.6 Å². The molecule has 0 aliphatic rings. The highest BCUT2D eigenvalue weighted by atomic mass is 16.5. The van der Waals surface area contributed by atoms with Crippen LogP contribution in [0, 0.1) is 6.92 Å². The predicted octanol–water partition coefficient (Wildman–Crippen LogP) is 4.36. The van der Waals surface area contributed by atoms with Gasteiger partial charge < -0.3 is 4.90 Å². The van der Waals surface area contributed by atoms with Crippen molar-refractivity contribution in [2.45, 2.75) is 33.4 Å². The van der Waals surface area contributed by atoms with E-state index in [1.165, 1.54) is 17.2 Å². The van der Waals surface area contributed by atoms with Gasteiger partial charge in [0.1, 0.15) is 5.84 Å².